The number of carbonyl (C=O) groups excluding carboxylic acids is 2. The third-order valence-corrected chi connectivity index (χ3v) is 6.87. The Morgan fingerprint density at radius 3 is 2.54 bits per heavy atom. The van der Waals surface area contributed by atoms with E-state index in [4.69, 9.17) is 40.2 Å². The number of cyclic esters (lactones) is 1. The molecule has 1 atom stereocenters. The summed E-state index contributed by atoms with van der Waals surface area (Å²) in [7, 11) is 0. The van der Waals surface area contributed by atoms with Crippen molar-refractivity contribution in [3.05, 3.63) is 52.3 Å². The number of halogens is 3. The van der Waals surface area contributed by atoms with Crippen molar-refractivity contribution in [1.29, 1.82) is 0 Å². The van der Waals surface area contributed by atoms with E-state index in [1.807, 2.05) is 9.80 Å². The van der Waals surface area contributed by atoms with E-state index in [0.29, 0.717) is 52.7 Å². The molecule has 0 unspecified atom stereocenters. The highest BCUT2D eigenvalue weighted by molar-refractivity contribution is 7.80. The first-order valence-electron chi connectivity index (χ1n) is 11.0. The Bertz CT molecular complexity index is 1150. The van der Waals surface area contributed by atoms with Crippen LogP contribution >= 0.6 is 35.4 Å². The Hall–Kier alpha value is -2.82. The van der Waals surface area contributed by atoms with Crippen molar-refractivity contribution in [1.82, 2.24) is 10.2 Å². The molecule has 2 fully saturated rings. The van der Waals surface area contributed by atoms with Crippen LogP contribution in [0.15, 0.2) is 36.4 Å². The molecular formula is C23H24Cl2FN5O3S. The van der Waals surface area contributed by atoms with Crippen LogP contribution in [0.2, 0.25) is 10.0 Å². The van der Waals surface area contributed by atoms with E-state index < -0.39 is 18.0 Å². The highest BCUT2D eigenvalue weighted by Gasteiger charge is 2.33. The summed E-state index contributed by atoms with van der Waals surface area (Å²) in [6.45, 7) is 4.20. The molecule has 4 rings (SSSR count). The maximum absolute atomic E-state index is 15.0. The first-order chi connectivity index (χ1) is 16.7. The number of hydrogen-bond donors (Lipinski definition) is 2. The maximum atomic E-state index is 15.0. The predicted octanol–water partition coefficient (Wildman–Crippen LogP) is 4.11. The molecule has 2 aromatic carbocycles. The van der Waals surface area contributed by atoms with Crippen LogP contribution < -0.4 is 20.4 Å². The van der Waals surface area contributed by atoms with Gasteiger partial charge < -0.3 is 25.2 Å². The summed E-state index contributed by atoms with van der Waals surface area (Å²) in [5.41, 5.74) is 1.61. The molecule has 2 N–H and O–H groups in total. The Morgan fingerprint density at radius 2 is 1.89 bits per heavy atom. The van der Waals surface area contributed by atoms with Gasteiger partial charge in [0.1, 0.15) is 11.9 Å². The van der Waals surface area contributed by atoms with Gasteiger partial charge in [0.05, 0.1) is 34.5 Å². The molecule has 0 aromatic heterocycles. The van der Waals surface area contributed by atoms with Crippen LogP contribution in [-0.2, 0) is 9.53 Å². The fourth-order valence-corrected chi connectivity index (χ4v) is 4.54. The van der Waals surface area contributed by atoms with Crippen LogP contribution in [0, 0.1) is 5.82 Å². The van der Waals surface area contributed by atoms with E-state index in [0.717, 1.165) is 5.69 Å². The number of piperazine rings is 1. The molecule has 2 amide bonds. The third-order valence-electron chi connectivity index (χ3n) is 5.77. The highest BCUT2D eigenvalue weighted by Crippen LogP contribution is 2.29. The quantitative estimate of drug-likeness (QED) is 0.553. The van der Waals surface area contributed by atoms with Crippen LogP contribution in [0.25, 0.3) is 0 Å². The lowest BCUT2D eigenvalue weighted by atomic mass is 10.2. The monoisotopic (exact) mass is 539 g/mol. The molecule has 35 heavy (non-hydrogen) atoms. The second kappa shape index (κ2) is 10.8. The summed E-state index contributed by atoms with van der Waals surface area (Å²) in [6, 6.07) is 9.90. The SMILES string of the molecule is CC(=O)NC[C@H]1CN(c2ccc(N3CCN(C(=S)Nc4ccc(Cl)c(Cl)c4)CC3)c(F)c2)C(=O)O1. The van der Waals surface area contributed by atoms with E-state index in [2.05, 4.69) is 10.6 Å². The number of benzene rings is 2. The van der Waals surface area contributed by atoms with E-state index in [1.165, 1.54) is 17.9 Å². The number of nitrogens with zero attached hydrogens (tertiary/aromatic N) is 3. The average molecular weight is 540 g/mol. The predicted molar refractivity (Wildman–Crippen MR) is 139 cm³/mol. The van der Waals surface area contributed by atoms with Crippen LogP contribution in [0.4, 0.5) is 26.2 Å². The van der Waals surface area contributed by atoms with Crippen molar-refractivity contribution in [2.24, 2.45) is 0 Å². The number of rotatable bonds is 5. The highest BCUT2D eigenvalue weighted by atomic mass is 35.5. The number of carbonyl (C=O) groups is 2. The zero-order valence-electron chi connectivity index (χ0n) is 18.9. The lowest BCUT2D eigenvalue weighted by Gasteiger charge is -2.37. The van der Waals surface area contributed by atoms with E-state index >= 15 is 4.39 Å². The van der Waals surface area contributed by atoms with Crippen LogP contribution in [0.5, 0.6) is 0 Å². The first kappa shape index (κ1) is 25.3. The summed E-state index contributed by atoms with van der Waals surface area (Å²) in [5, 5.41) is 7.24. The van der Waals surface area contributed by atoms with E-state index in [1.54, 1.807) is 30.3 Å². The van der Waals surface area contributed by atoms with E-state index in [9.17, 15) is 9.59 Å². The largest absolute Gasteiger partial charge is 0.442 e. The van der Waals surface area contributed by atoms with Crippen molar-refractivity contribution >= 4 is 69.6 Å². The zero-order chi connectivity index (χ0) is 25.1. The van der Waals surface area contributed by atoms with Gasteiger partial charge in [-0.1, -0.05) is 23.2 Å². The minimum absolute atomic E-state index is 0.207. The molecule has 8 nitrogen and oxygen atoms in total. The van der Waals surface area contributed by atoms with Crippen molar-refractivity contribution in [2.75, 3.05) is 54.4 Å². The number of ether oxygens (including phenoxy) is 1. The summed E-state index contributed by atoms with van der Waals surface area (Å²) in [5.74, 6) is -0.633. The zero-order valence-corrected chi connectivity index (χ0v) is 21.2. The molecule has 2 heterocycles. The number of nitrogens with one attached hydrogen (secondary N) is 2. The minimum atomic E-state index is -0.566. The van der Waals surface area contributed by atoms with Gasteiger partial charge >= 0.3 is 6.09 Å². The molecular weight excluding hydrogens is 516 g/mol. The van der Waals surface area contributed by atoms with Gasteiger partial charge in [0.2, 0.25) is 5.91 Å². The van der Waals surface area contributed by atoms with Crippen LogP contribution in [0.1, 0.15) is 6.92 Å². The first-order valence-corrected chi connectivity index (χ1v) is 12.2. The summed E-state index contributed by atoms with van der Waals surface area (Å²) < 4.78 is 20.3. The molecule has 186 valence electrons. The number of hydrogen-bond acceptors (Lipinski definition) is 5. The van der Waals surface area contributed by atoms with Gasteiger partial charge in [0.25, 0.3) is 0 Å². The Kier molecular flexibility index (Phi) is 7.83. The van der Waals surface area contributed by atoms with Gasteiger partial charge in [0, 0.05) is 38.8 Å². The van der Waals surface area contributed by atoms with Crippen LogP contribution in [0.3, 0.4) is 0 Å². The van der Waals surface area contributed by atoms with Gasteiger partial charge in [-0.05, 0) is 48.6 Å². The second-order valence-electron chi connectivity index (χ2n) is 8.22. The smallest absolute Gasteiger partial charge is 0.414 e. The van der Waals surface area contributed by atoms with Gasteiger partial charge in [-0.15, -0.1) is 0 Å². The maximum Gasteiger partial charge on any atom is 0.414 e. The molecule has 2 aliphatic rings. The van der Waals surface area contributed by atoms with Crippen molar-refractivity contribution in [3.8, 4) is 0 Å². The molecule has 0 saturated carbocycles. The standard InChI is InChI=1S/C23H24Cl2FN5O3S/c1-14(32)27-12-17-13-31(23(33)34-17)16-3-5-21(20(26)11-16)29-6-8-30(9-7-29)22(35)28-15-2-4-18(24)19(25)10-15/h2-5,10-11,17H,6-9,12-13H2,1H3,(H,27,32)(H,28,35)/t17-/m0/s1. The molecule has 0 spiro atoms. The Balaban J connectivity index is 1.33. The lowest BCUT2D eigenvalue weighted by Crippen LogP contribution is -2.50. The third kappa shape index (κ3) is 6.06. The summed E-state index contributed by atoms with van der Waals surface area (Å²) in [4.78, 5) is 28.6. The normalized spacial score (nSPS) is 17.9. The van der Waals surface area contributed by atoms with Crippen LogP contribution in [-0.4, -0.2) is 67.4 Å². The Labute approximate surface area is 217 Å². The molecule has 2 aliphatic heterocycles. The number of anilines is 3. The molecule has 0 bridgehead atoms. The topological polar surface area (TPSA) is 77.2 Å². The summed E-state index contributed by atoms with van der Waals surface area (Å²) >= 11 is 17.5. The second-order valence-corrected chi connectivity index (χ2v) is 9.42. The fraction of sp³-hybridized carbons (Fsp3) is 0.348. The van der Waals surface area contributed by atoms with Gasteiger partial charge in [-0.2, -0.15) is 0 Å². The lowest BCUT2D eigenvalue weighted by molar-refractivity contribution is -0.119. The molecule has 12 heteroatoms. The van der Waals surface area contributed by atoms with Gasteiger partial charge in [-0.25, -0.2) is 9.18 Å². The fourth-order valence-electron chi connectivity index (χ4n) is 3.94. The van der Waals surface area contributed by atoms with E-state index in [-0.39, 0.29) is 19.0 Å². The van der Waals surface area contributed by atoms with Gasteiger partial charge in [-0.3, -0.25) is 9.69 Å². The molecule has 2 saturated heterocycles. The van der Waals surface area contributed by atoms with Crippen molar-refractivity contribution in [3.63, 3.8) is 0 Å². The average Bonchev–Trinajstić information content (AvgIpc) is 3.20. The number of amides is 2. The van der Waals surface area contributed by atoms with Gasteiger partial charge in [0.15, 0.2) is 5.11 Å². The van der Waals surface area contributed by atoms with Crippen molar-refractivity contribution in [2.45, 2.75) is 13.0 Å². The molecule has 0 aliphatic carbocycles. The minimum Gasteiger partial charge on any atom is -0.442 e. The summed E-state index contributed by atoms with van der Waals surface area (Å²) in [6.07, 6.45) is -1.05. The van der Waals surface area contributed by atoms with Crippen molar-refractivity contribution < 1.29 is 18.7 Å². The number of thiocarbonyl (C=S) groups is 1. The molecule has 2 aromatic rings. The Morgan fingerprint density at radius 1 is 1.14 bits per heavy atom. The molecule has 0 radical (unpaired) electrons.